The molecule has 1 heterocycles. The highest BCUT2D eigenvalue weighted by molar-refractivity contribution is 5.26. The van der Waals surface area contributed by atoms with E-state index in [1.165, 1.54) is 0 Å². The summed E-state index contributed by atoms with van der Waals surface area (Å²) in [5.74, 6) is 0.840. The zero-order chi connectivity index (χ0) is 14.2. The average molecular weight is 273 g/mol. The third-order valence-electron chi connectivity index (χ3n) is 2.96. The number of pyridine rings is 1. The average Bonchev–Trinajstić information content (AvgIpc) is 2.49. The molecule has 0 spiro atoms. The summed E-state index contributed by atoms with van der Waals surface area (Å²) in [5.41, 5.74) is 3.05. The van der Waals surface area contributed by atoms with Gasteiger partial charge in [0.05, 0.1) is 26.0 Å². The number of benzene rings is 1. The number of hydrogen-bond acceptors (Lipinski definition) is 4. The van der Waals surface area contributed by atoms with Crippen LogP contribution in [0.2, 0.25) is 0 Å². The van der Waals surface area contributed by atoms with Crippen LogP contribution in [0.5, 0.6) is 5.75 Å². The molecule has 0 aliphatic carbocycles. The maximum Gasteiger partial charge on any atom is 0.118 e. The second kappa shape index (κ2) is 7.62. The minimum Gasteiger partial charge on any atom is -0.497 e. The molecule has 0 radical (unpaired) electrons. The predicted molar refractivity (Wildman–Crippen MR) is 76.5 cm³/mol. The highest BCUT2D eigenvalue weighted by Crippen LogP contribution is 2.12. The Balaban J connectivity index is 1.84. The van der Waals surface area contributed by atoms with Crippen molar-refractivity contribution in [2.45, 2.75) is 19.6 Å². The smallest absolute Gasteiger partial charge is 0.118 e. The molecule has 0 aliphatic rings. The molecule has 4 heteroatoms. The first kappa shape index (κ1) is 14.5. The SMILES string of the molecule is COc1ccc(COCc2cc(CCO)ccn2)cc1. The Hall–Kier alpha value is -1.91. The van der Waals surface area contributed by atoms with E-state index in [2.05, 4.69) is 4.98 Å². The number of rotatable bonds is 7. The number of ether oxygens (including phenoxy) is 2. The molecule has 0 amide bonds. The predicted octanol–water partition coefficient (Wildman–Crippen LogP) is 2.34. The molecule has 0 fully saturated rings. The molecule has 106 valence electrons. The van der Waals surface area contributed by atoms with Crippen molar-refractivity contribution in [3.8, 4) is 5.75 Å². The van der Waals surface area contributed by atoms with Crippen LogP contribution in [-0.4, -0.2) is 23.8 Å². The molecule has 1 N–H and O–H groups in total. The second-order valence-electron chi connectivity index (χ2n) is 4.47. The van der Waals surface area contributed by atoms with E-state index in [1.807, 2.05) is 36.4 Å². The van der Waals surface area contributed by atoms with E-state index in [0.717, 1.165) is 22.6 Å². The Morgan fingerprint density at radius 1 is 1.05 bits per heavy atom. The normalized spacial score (nSPS) is 10.5. The molecule has 0 saturated carbocycles. The molecular formula is C16H19NO3. The van der Waals surface area contributed by atoms with Gasteiger partial charge in [0.2, 0.25) is 0 Å². The van der Waals surface area contributed by atoms with Crippen LogP contribution < -0.4 is 4.74 Å². The minimum atomic E-state index is 0.149. The zero-order valence-corrected chi connectivity index (χ0v) is 11.6. The van der Waals surface area contributed by atoms with Crippen LogP contribution in [-0.2, 0) is 24.4 Å². The second-order valence-corrected chi connectivity index (χ2v) is 4.47. The minimum absolute atomic E-state index is 0.149. The van der Waals surface area contributed by atoms with Gasteiger partial charge in [-0.2, -0.15) is 0 Å². The van der Waals surface area contributed by atoms with Crippen molar-refractivity contribution in [3.05, 3.63) is 59.4 Å². The van der Waals surface area contributed by atoms with Gasteiger partial charge in [0.1, 0.15) is 5.75 Å². The van der Waals surface area contributed by atoms with Crippen LogP contribution in [0.1, 0.15) is 16.8 Å². The largest absolute Gasteiger partial charge is 0.497 e. The molecule has 20 heavy (non-hydrogen) atoms. The Morgan fingerprint density at radius 3 is 2.55 bits per heavy atom. The van der Waals surface area contributed by atoms with Gasteiger partial charge in [0.15, 0.2) is 0 Å². The van der Waals surface area contributed by atoms with Crippen molar-refractivity contribution in [2.75, 3.05) is 13.7 Å². The summed E-state index contributed by atoms with van der Waals surface area (Å²) in [6, 6.07) is 11.7. The maximum absolute atomic E-state index is 8.92. The molecule has 0 atom stereocenters. The van der Waals surface area contributed by atoms with Gasteiger partial charge in [-0.1, -0.05) is 12.1 Å². The first-order chi connectivity index (χ1) is 9.81. The van der Waals surface area contributed by atoms with Gasteiger partial charge >= 0.3 is 0 Å². The fourth-order valence-corrected chi connectivity index (χ4v) is 1.89. The molecule has 1 aromatic heterocycles. The molecule has 0 unspecified atom stereocenters. The summed E-state index contributed by atoms with van der Waals surface area (Å²) >= 11 is 0. The van der Waals surface area contributed by atoms with E-state index in [9.17, 15) is 0 Å². The summed E-state index contributed by atoms with van der Waals surface area (Å²) in [6.07, 6.45) is 2.39. The van der Waals surface area contributed by atoms with Gasteiger partial charge in [-0.3, -0.25) is 4.98 Å². The van der Waals surface area contributed by atoms with E-state index >= 15 is 0 Å². The van der Waals surface area contributed by atoms with Gasteiger partial charge in [0.25, 0.3) is 0 Å². The quantitative estimate of drug-likeness (QED) is 0.841. The van der Waals surface area contributed by atoms with Crippen LogP contribution in [0.15, 0.2) is 42.6 Å². The highest BCUT2D eigenvalue weighted by Gasteiger charge is 1.99. The van der Waals surface area contributed by atoms with Crippen LogP contribution in [0.25, 0.3) is 0 Å². The number of hydrogen-bond donors (Lipinski definition) is 1. The monoisotopic (exact) mass is 273 g/mol. The highest BCUT2D eigenvalue weighted by atomic mass is 16.5. The lowest BCUT2D eigenvalue weighted by Crippen LogP contribution is -1.99. The maximum atomic E-state index is 8.92. The molecule has 2 aromatic rings. The van der Waals surface area contributed by atoms with Crippen molar-refractivity contribution in [1.29, 1.82) is 0 Å². The number of nitrogens with zero attached hydrogens (tertiary/aromatic N) is 1. The van der Waals surface area contributed by atoms with Crippen molar-refractivity contribution in [1.82, 2.24) is 4.98 Å². The van der Waals surface area contributed by atoms with Gasteiger partial charge in [0, 0.05) is 12.8 Å². The van der Waals surface area contributed by atoms with Gasteiger partial charge in [-0.05, 0) is 41.8 Å². The lowest BCUT2D eigenvalue weighted by atomic mass is 10.2. The number of aromatic nitrogens is 1. The van der Waals surface area contributed by atoms with E-state index in [1.54, 1.807) is 13.3 Å². The third kappa shape index (κ3) is 4.33. The molecule has 0 aliphatic heterocycles. The lowest BCUT2D eigenvalue weighted by molar-refractivity contribution is 0.104. The number of aliphatic hydroxyl groups is 1. The summed E-state index contributed by atoms with van der Waals surface area (Å²) < 4.78 is 10.8. The van der Waals surface area contributed by atoms with Gasteiger partial charge in [-0.15, -0.1) is 0 Å². The number of aliphatic hydroxyl groups excluding tert-OH is 1. The summed E-state index contributed by atoms with van der Waals surface area (Å²) in [6.45, 7) is 1.15. The molecule has 0 bridgehead atoms. The molecule has 1 aromatic carbocycles. The van der Waals surface area contributed by atoms with Crippen molar-refractivity contribution < 1.29 is 14.6 Å². The summed E-state index contributed by atoms with van der Waals surface area (Å²) in [5, 5.41) is 8.92. The first-order valence-electron chi connectivity index (χ1n) is 6.57. The van der Waals surface area contributed by atoms with E-state index in [0.29, 0.717) is 19.6 Å². The van der Waals surface area contributed by atoms with Crippen molar-refractivity contribution in [3.63, 3.8) is 0 Å². The fraction of sp³-hybridized carbons (Fsp3) is 0.312. The Labute approximate surface area is 119 Å². The van der Waals surface area contributed by atoms with Crippen molar-refractivity contribution >= 4 is 0 Å². The molecule has 4 nitrogen and oxygen atoms in total. The van der Waals surface area contributed by atoms with Crippen LogP contribution >= 0.6 is 0 Å². The summed E-state index contributed by atoms with van der Waals surface area (Å²) in [4.78, 5) is 4.25. The van der Waals surface area contributed by atoms with Crippen LogP contribution in [0.4, 0.5) is 0 Å². The fourth-order valence-electron chi connectivity index (χ4n) is 1.89. The Bertz CT molecular complexity index is 526. The van der Waals surface area contributed by atoms with E-state index in [-0.39, 0.29) is 6.61 Å². The Kier molecular flexibility index (Phi) is 5.53. The van der Waals surface area contributed by atoms with Crippen LogP contribution in [0.3, 0.4) is 0 Å². The Morgan fingerprint density at radius 2 is 1.85 bits per heavy atom. The first-order valence-corrected chi connectivity index (χ1v) is 6.57. The third-order valence-corrected chi connectivity index (χ3v) is 2.96. The summed E-state index contributed by atoms with van der Waals surface area (Å²) in [7, 11) is 1.65. The van der Waals surface area contributed by atoms with Gasteiger partial charge in [-0.25, -0.2) is 0 Å². The van der Waals surface area contributed by atoms with Gasteiger partial charge < -0.3 is 14.6 Å². The molecule has 0 saturated heterocycles. The standard InChI is InChI=1S/C16H19NO3/c1-19-16-4-2-14(3-5-16)11-20-12-15-10-13(7-9-18)6-8-17-15/h2-6,8,10,18H,7,9,11-12H2,1H3. The molecular weight excluding hydrogens is 254 g/mol. The number of methoxy groups -OCH3 is 1. The van der Waals surface area contributed by atoms with Crippen molar-refractivity contribution in [2.24, 2.45) is 0 Å². The van der Waals surface area contributed by atoms with E-state index < -0.39 is 0 Å². The van der Waals surface area contributed by atoms with E-state index in [4.69, 9.17) is 14.6 Å². The van der Waals surface area contributed by atoms with Crippen LogP contribution in [0, 0.1) is 0 Å². The lowest BCUT2D eigenvalue weighted by Gasteiger charge is -2.06. The molecule has 2 rings (SSSR count). The zero-order valence-electron chi connectivity index (χ0n) is 11.6. The topological polar surface area (TPSA) is 51.6 Å².